The van der Waals surface area contributed by atoms with E-state index < -0.39 is 10.8 Å². The molecule has 0 aliphatic heterocycles. The van der Waals surface area contributed by atoms with Crippen molar-refractivity contribution < 1.29 is 14.8 Å². The largest absolute Gasteiger partial charge is 0.506 e. The van der Waals surface area contributed by atoms with Gasteiger partial charge in [-0.2, -0.15) is 0 Å². The van der Waals surface area contributed by atoms with Crippen LogP contribution in [0.3, 0.4) is 0 Å². The predicted molar refractivity (Wildman–Crippen MR) is 71.3 cm³/mol. The first kappa shape index (κ1) is 13.5. The summed E-state index contributed by atoms with van der Waals surface area (Å²) in [5.74, 6) is -0.621. The smallest absolute Gasteiger partial charge is 0.271 e. The second-order valence-corrected chi connectivity index (χ2v) is 4.04. The quantitative estimate of drug-likeness (QED) is 0.502. The lowest BCUT2D eigenvalue weighted by molar-refractivity contribution is -0.384. The molecule has 0 atom stereocenters. The predicted octanol–water partition coefficient (Wildman–Crippen LogP) is 1.88. The van der Waals surface area contributed by atoms with Gasteiger partial charge in [-0.15, -0.1) is 0 Å². The molecule has 7 nitrogen and oxygen atoms in total. The summed E-state index contributed by atoms with van der Waals surface area (Å²) in [6.45, 7) is 0. The highest BCUT2D eigenvalue weighted by Gasteiger charge is 2.12. The molecule has 1 amide bonds. The number of pyridine rings is 1. The van der Waals surface area contributed by atoms with Crippen LogP contribution in [0.1, 0.15) is 5.56 Å². The number of benzene rings is 1. The van der Waals surface area contributed by atoms with E-state index >= 15 is 0 Å². The molecular formula is C13H11N3O4. The zero-order valence-corrected chi connectivity index (χ0v) is 10.3. The number of hydrogen-bond acceptors (Lipinski definition) is 5. The molecule has 20 heavy (non-hydrogen) atoms. The van der Waals surface area contributed by atoms with E-state index in [0.29, 0.717) is 5.56 Å². The average molecular weight is 273 g/mol. The molecule has 0 spiro atoms. The van der Waals surface area contributed by atoms with Crippen LogP contribution in [0.4, 0.5) is 11.4 Å². The van der Waals surface area contributed by atoms with Gasteiger partial charge in [0.05, 0.1) is 17.0 Å². The van der Waals surface area contributed by atoms with Crippen LogP contribution >= 0.6 is 0 Å². The maximum atomic E-state index is 11.8. The minimum Gasteiger partial charge on any atom is -0.506 e. The molecule has 1 aromatic carbocycles. The Balaban J connectivity index is 2.11. The molecule has 2 rings (SSSR count). The molecule has 0 saturated heterocycles. The summed E-state index contributed by atoms with van der Waals surface area (Å²) < 4.78 is 0. The summed E-state index contributed by atoms with van der Waals surface area (Å²) >= 11 is 0. The zero-order chi connectivity index (χ0) is 14.5. The highest BCUT2D eigenvalue weighted by atomic mass is 16.6. The van der Waals surface area contributed by atoms with Gasteiger partial charge in [0.1, 0.15) is 5.75 Å². The molecular weight excluding hydrogens is 262 g/mol. The maximum Gasteiger partial charge on any atom is 0.271 e. The Kier molecular flexibility index (Phi) is 3.90. The maximum absolute atomic E-state index is 11.8. The molecule has 0 unspecified atom stereocenters. The lowest BCUT2D eigenvalue weighted by Gasteiger charge is -2.07. The lowest BCUT2D eigenvalue weighted by atomic mass is 10.2. The van der Waals surface area contributed by atoms with Crippen LogP contribution in [0.2, 0.25) is 0 Å². The number of aromatic hydroxyl groups is 1. The molecule has 2 aromatic rings. The molecule has 0 saturated carbocycles. The van der Waals surface area contributed by atoms with Gasteiger partial charge >= 0.3 is 0 Å². The monoisotopic (exact) mass is 273 g/mol. The van der Waals surface area contributed by atoms with E-state index in [1.165, 1.54) is 0 Å². The van der Waals surface area contributed by atoms with Gasteiger partial charge in [0.15, 0.2) is 0 Å². The average Bonchev–Trinajstić information content (AvgIpc) is 2.42. The fourth-order valence-corrected chi connectivity index (χ4v) is 1.62. The van der Waals surface area contributed by atoms with Crippen molar-refractivity contribution in [3.8, 4) is 5.75 Å². The van der Waals surface area contributed by atoms with Crippen LogP contribution < -0.4 is 5.32 Å². The van der Waals surface area contributed by atoms with Crippen molar-refractivity contribution >= 4 is 17.3 Å². The van der Waals surface area contributed by atoms with Gasteiger partial charge in [0.2, 0.25) is 5.91 Å². The third-order valence-electron chi connectivity index (χ3n) is 2.55. The standard InChI is InChI=1S/C13H11N3O4/c17-12-4-3-10(16(19)20)7-11(12)15-13(18)6-9-2-1-5-14-8-9/h1-5,7-8,17H,6H2,(H,15,18). The number of carbonyl (C=O) groups excluding carboxylic acids is 1. The third-order valence-corrected chi connectivity index (χ3v) is 2.55. The lowest BCUT2D eigenvalue weighted by Crippen LogP contribution is -2.14. The number of nitro benzene ring substituents is 1. The Labute approximate surface area is 114 Å². The van der Waals surface area contributed by atoms with Crippen molar-refractivity contribution in [2.45, 2.75) is 6.42 Å². The summed E-state index contributed by atoms with van der Waals surface area (Å²) in [7, 11) is 0. The van der Waals surface area contributed by atoms with E-state index in [9.17, 15) is 20.0 Å². The summed E-state index contributed by atoms with van der Waals surface area (Å²) in [6.07, 6.45) is 3.21. The normalized spacial score (nSPS) is 10.0. The Morgan fingerprint density at radius 2 is 2.20 bits per heavy atom. The van der Waals surface area contributed by atoms with Gasteiger partial charge in [0.25, 0.3) is 5.69 Å². The van der Waals surface area contributed by atoms with Gasteiger partial charge in [0, 0.05) is 24.5 Å². The molecule has 1 heterocycles. The molecule has 7 heteroatoms. The number of anilines is 1. The van der Waals surface area contributed by atoms with Gasteiger partial charge in [-0.3, -0.25) is 19.9 Å². The minimum atomic E-state index is -0.601. The zero-order valence-electron chi connectivity index (χ0n) is 10.3. The van der Waals surface area contributed by atoms with Crippen molar-refractivity contribution in [2.24, 2.45) is 0 Å². The summed E-state index contributed by atoms with van der Waals surface area (Å²) in [5.41, 5.74) is 0.502. The van der Waals surface area contributed by atoms with Gasteiger partial charge in [-0.25, -0.2) is 0 Å². The minimum absolute atomic E-state index is 0.00749. The Morgan fingerprint density at radius 1 is 1.40 bits per heavy atom. The second kappa shape index (κ2) is 5.79. The van der Waals surface area contributed by atoms with Crippen LogP contribution in [0.25, 0.3) is 0 Å². The molecule has 0 aliphatic carbocycles. The topological polar surface area (TPSA) is 105 Å². The van der Waals surface area contributed by atoms with Crippen molar-refractivity contribution in [1.29, 1.82) is 0 Å². The molecule has 0 radical (unpaired) electrons. The van der Waals surface area contributed by atoms with E-state index in [-0.39, 0.29) is 23.5 Å². The van der Waals surface area contributed by atoms with Gasteiger partial charge in [-0.05, 0) is 17.7 Å². The highest BCUT2D eigenvalue weighted by molar-refractivity contribution is 5.93. The molecule has 1 aromatic heterocycles. The van der Waals surface area contributed by atoms with Crippen LogP contribution in [0.15, 0.2) is 42.7 Å². The summed E-state index contributed by atoms with van der Waals surface area (Å²) in [6, 6.07) is 6.87. The number of phenolic OH excluding ortho intramolecular Hbond substituents is 1. The fraction of sp³-hybridized carbons (Fsp3) is 0.0769. The van der Waals surface area contributed by atoms with Crippen LogP contribution in [-0.2, 0) is 11.2 Å². The van der Waals surface area contributed by atoms with Crippen LogP contribution in [0.5, 0.6) is 5.75 Å². The second-order valence-electron chi connectivity index (χ2n) is 4.04. The molecule has 2 N–H and O–H groups in total. The van der Waals surface area contributed by atoms with Crippen molar-refractivity contribution in [1.82, 2.24) is 4.98 Å². The van der Waals surface area contributed by atoms with E-state index in [2.05, 4.69) is 10.3 Å². The number of nitrogens with zero attached hydrogens (tertiary/aromatic N) is 2. The Morgan fingerprint density at radius 3 is 2.85 bits per heavy atom. The number of carbonyl (C=O) groups is 1. The van der Waals surface area contributed by atoms with Crippen molar-refractivity contribution in [3.63, 3.8) is 0 Å². The van der Waals surface area contributed by atoms with Crippen LogP contribution in [-0.4, -0.2) is 20.9 Å². The van der Waals surface area contributed by atoms with E-state index in [1.807, 2.05) is 0 Å². The number of nitrogens with one attached hydrogen (secondary N) is 1. The first-order valence-corrected chi connectivity index (χ1v) is 5.72. The molecule has 0 fully saturated rings. The number of phenols is 1. The number of hydrogen-bond donors (Lipinski definition) is 2. The number of non-ortho nitro benzene ring substituents is 1. The van der Waals surface area contributed by atoms with Crippen molar-refractivity contribution in [3.05, 3.63) is 58.4 Å². The first-order valence-electron chi connectivity index (χ1n) is 5.72. The van der Waals surface area contributed by atoms with E-state index in [0.717, 1.165) is 18.2 Å². The number of amides is 1. The van der Waals surface area contributed by atoms with Crippen molar-refractivity contribution in [2.75, 3.05) is 5.32 Å². The van der Waals surface area contributed by atoms with Gasteiger partial charge in [-0.1, -0.05) is 6.07 Å². The fourth-order valence-electron chi connectivity index (χ4n) is 1.62. The SMILES string of the molecule is O=C(Cc1cccnc1)Nc1cc([N+](=O)[O-])ccc1O. The Bertz CT molecular complexity index is 643. The summed E-state index contributed by atoms with van der Waals surface area (Å²) in [4.78, 5) is 25.7. The number of aromatic nitrogens is 1. The third kappa shape index (κ3) is 3.29. The first-order chi connectivity index (χ1) is 9.56. The Hall–Kier alpha value is -2.96. The van der Waals surface area contributed by atoms with Crippen LogP contribution in [0, 0.1) is 10.1 Å². The van der Waals surface area contributed by atoms with E-state index in [1.54, 1.807) is 24.5 Å². The summed E-state index contributed by atoms with van der Waals surface area (Å²) in [5, 5.41) is 22.7. The molecule has 102 valence electrons. The van der Waals surface area contributed by atoms with Gasteiger partial charge < -0.3 is 10.4 Å². The molecule has 0 aliphatic rings. The molecule has 0 bridgehead atoms. The number of nitro groups is 1. The highest BCUT2D eigenvalue weighted by Crippen LogP contribution is 2.27. The number of rotatable bonds is 4. The van der Waals surface area contributed by atoms with E-state index in [4.69, 9.17) is 0 Å².